The second-order valence-corrected chi connectivity index (χ2v) is 4.48. The van der Waals surface area contributed by atoms with Gasteiger partial charge >= 0.3 is 0 Å². The smallest absolute Gasteiger partial charge is 0.160 e. The third-order valence-electron chi connectivity index (χ3n) is 2.40. The molecule has 0 radical (unpaired) electrons. The predicted molar refractivity (Wildman–Crippen MR) is 66.2 cm³/mol. The predicted octanol–water partition coefficient (Wildman–Crippen LogP) is 4.13. The topological polar surface area (TPSA) is 24.4 Å². The lowest BCUT2D eigenvalue weighted by Crippen LogP contribution is -2.16. The van der Waals surface area contributed by atoms with E-state index in [1.165, 1.54) is 12.1 Å². The summed E-state index contributed by atoms with van der Waals surface area (Å²) in [6.45, 7) is 0.838. The first kappa shape index (κ1) is 11.7. The van der Waals surface area contributed by atoms with E-state index in [0.29, 0.717) is 5.69 Å². The highest BCUT2D eigenvalue weighted by Gasteiger charge is 2.10. The summed E-state index contributed by atoms with van der Waals surface area (Å²) >= 11 is 11.4. The van der Waals surface area contributed by atoms with Gasteiger partial charge in [0.2, 0.25) is 0 Å². The quantitative estimate of drug-likeness (QED) is 0.755. The van der Waals surface area contributed by atoms with Gasteiger partial charge in [-0.3, -0.25) is 4.99 Å². The summed E-state index contributed by atoms with van der Waals surface area (Å²) in [7, 11) is 0. The second-order valence-electron chi connectivity index (χ2n) is 3.66. The van der Waals surface area contributed by atoms with Gasteiger partial charge in [0, 0.05) is 18.7 Å². The van der Waals surface area contributed by atoms with Crippen LogP contribution in [0.2, 0.25) is 10.0 Å². The third kappa shape index (κ3) is 2.66. The maximum absolute atomic E-state index is 13.2. The molecule has 1 N–H and O–H groups in total. The van der Waals surface area contributed by atoms with E-state index in [9.17, 15) is 4.39 Å². The molecule has 1 aliphatic rings. The van der Waals surface area contributed by atoms with Crippen LogP contribution in [0.1, 0.15) is 19.3 Å². The zero-order valence-corrected chi connectivity index (χ0v) is 10.1. The van der Waals surface area contributed by atoms with Gasteiger partial charge in [-0.2, -0.15) is 0 Å². The Kier molecular flexibility index (Phi) is 3.66. The molecule has 0 spiro atoms. The van der Waals surface area contributed by atoms with E-state index in [2.05, 4.69) is 10.3 Å². The SMILES string of the molecule is Fc1c(Cl)cc(NC2=NCCCC2)cc1Cl. The van der Waals surface area contributed by atoms with Crippen molar-refractivity contribution in [3.05, 3.63) is 28.0 Å². The first-order valence-corrected chi connectivity index (χ1v) is 5.87. The van der Waals surface area contributed by atoms with E-state index in [1.807, 2.05) is 0 Å². The van der Waals surface area contributed by atoms with Gasteiger partial charge in [0.25, 0.3) is 0 Å². The standard InChI is InChI=1S/C11H11Cl2FN2/c12-8-5-7(6-9(13)11(8)14)16-10-3-1-2-4-15-10/h5-6H,1-4H2,(H,15,16). The van der Waals surface area contributed by atoms with Crippen molar-refractivity contribution in [2.24, 2.45) is 4.99 Å². The van der Waals surface area contributed by atoms with E-state index in [1.54, 1.807) is 0 Å². The summed E-state index contributed by atoms with van der Waals surface area (Å²) in [6, 6.07) is 3.03. The summed E-state index contributed by atoms with van der Waals surface area (Å²) in [5, 5.41) is 3.14. The van der Waals surface area contributed by atoms with Gasteiger partial charge in [0.05, 0.1) is 10.0 Å². The minimum atomic E-state index is -0.584. The maximum Gasteiger partial charge on any atom is 0.160 e. The number of aliphatic imine (C=N–C) groups is 1. The number of benzene rings is 1. The molecule has 0 bridgehead atoms. The van der Waals surface area contributed by atoms with Gasteiger partial charge in [-0.1, -0.05) is 23.2 Å². The lowest BCUT2D eigenvalue weighted by molar-refractivity contribution is 0.629. The molecule has 1 heterocycles. The Morgan fingerprint density at radius 2 is 1.88 bits per heavy atom. The largest absolute Gasteiger partial charge is 0.344 e. The third-order valence-corrected chi connectivity index (χ3v) is 2.95. The molecule has 0 saturated carbocycles. The van der Waals surface area contributed by atoms with Gasteiger partial charge in [0.1, 0.15) is 5.84 Å². The van der Waals surface area contributed by atoms with Crippen LogP contribution in [0.3, 0.4) is 0 Å². The van der Waals surface area contributed by atoms with Gasteiger partial charge in [-0.15, -0.1) is 0 Å². The van der Waals surface area contributed by atoms with Crippen molar-refractivity contribution in [2.75, 3.05) is 11.9 Å². The van der Waals surface area contributed by atoms with Crippen LogP contribution in [-0.4, -0.2) is 12.4 Å². The number of nitrogens with zero attached hydrogens (tertiary/aromatic N) is 1. The van der Waals surface area contributed by atoms with Crippen molar-refractivity contribution < 1.29 is 4.39 Å². The highest BCUT2D eigenvalue weighted by Crippen LogP contribution is 2.27. The first-order chi connectivity index (χ1) is 7.66. The molecule has 5 heteroatoms. The molecule has 0 amide bonds. The van der Waals surface area contributed by atoms with Gasteiger partial charge in [0.15, 0.2) is 5.82 Å². The zero-order valence-electron chi connectivity index (χ0n) is 8.56. The average molecular weight is 261 g/mol. The van der Waals surface area contributed by atoms with Crippen LogP contribution < -0.4 is 5.32 Å². The molecule has 0 atom stereocenters. The Labute approximate surface area is 103 Å². The number of nitrogens with one attached hydrogen (secondary N) is 1. The minimum absolute atomic E-state index is 0.0198. The van der Waals surface area contributed by atoms with Crippen molar-refractivity contribution >= 4 is 34.7 Å². The summed E-state index contributed by atoms with van der Waals surface area (Å²) in [5.74, 6) is 0.324. The molecular weight excluding hydrogens is 250 g/mol. The molecule has 2 nitrogen and oxygen atoms in total. The van der Waals surface area contributed by atoms with Crippen LogP contribution in [0.15, 0.2) is 17.1 Å². The van der Waals surface area contributed by atoms with Crippen molar-refractivity contribution in [3.8, 4) is 0 Å². The molecule has 0 unspecified atom stereocenters. The number of amidine groups is 1. The Balaban J connectivity index is 2.18. The molecule has 1 aromatic carbocycles. The molecule has 86 valence electrons. The molecule has 0 saturated heterocycles. The summed E-state index contributed by atoms with van der Waals surface area (Å²) < 4.78 is 13.2. The summed E-state index contributed by atoms with van der Waals surface area (Å²) in [4.78, 5) is 4.33. The number of hydrogen-bond acceptors (Lipinski definition) is 2. The summed E-state index contributed by atoms with van der Waals surface area (Å²) in [5.41, 5.74) is 0.678. The number of anilines is 1. The fourth-order valence-corrected chi connectivity index (χ4v) is 2.08. The molecule has 0 fully saturated rings. The van der Waals surface area contributed by atoms with Crippen LogP contribution in [-0.2, 0) is 0 Å². The fraction of sp³-hybridized carbons (Fsp3) is 0.364. The lowest BCUT2D eigenvalue weighted by atomic mass is 10.2. The van der Waals surface area contributed by atoms with Crippen LogP contribution in [0, 0.1) is 5.82 Å². The Bertz CT molecular complexity index is 409. The zero-order chi connectivity index (χ0) is 11.5. The molecule has 2 rings (SSSR count). The monoisotopic (exact) mass is 260 g/mol. The van der Waals surface area contributed by atoms with Crippen molar-refractivity contribution in [2.45, 2.75) is 19.3 Å². The molecule has 0 aliphatic carbocycles. The van der Waals surface area contributed by atoms with Crippen LogP contribution >= 0.6 is 23.2 Å². The fourth-order valence-electron chi connectivity index (χ4n) is 1.59. The molecule has 1 aromatic rings. The van der Waals surface area contributed by atoms with Crippen molar-refractivity contribution in [3.63, 3.8) is 0 Å². The number of rotatable bonds is 1. The molecule has 16 heavy (non-hydrogen) atoms. The molecule has 1 aliphatic heterocycles. The highest BCUT2D eigenvalue weighted by atomic mass is 35.5. The van der Waals surface area contributed by atoms with E-state index < -0.39 is 5.82 Å². The Morgan fingerprint density at radius 1 is 1.19 bits per heavy atom. The van der Waals surface area contributed by atoms with Crippen molar-refractivity contribution in [1.29, 1.82) is 0 Å². The molecule has 0 aromatic heterocycles. The van der Waals surface area contributed by atoms with Gasteiger partial charge in [-0.25, -0.2) is 4.39 Å². The van der Waals surface area contributed by atoms with Crippen LogP contribution in [0.25, 0.3) is 0 Å². The Hall–Kier alpha value is -0.800. The highest BCUT2D eigenvalue weighted by molar-refractivity contribution is 6.35. The van der Waals surface area contributed by atoms with E-state index in [4.69, 9.17) is 23.2 Å². The lowest BCUT2D eigenvalue weighted by Gasteiger charge is -2.14. The van der Waals surface area contributed by atoms with Crippen LogP contribution in [0.4, 0.5) is 10.1 Å². The Morgan fingerprint density at radius 3 is 2.44 bits per heavy atom. The average Bonchev–Trinajstić information content (AvgIpc) is 2.27. The van der Waals surface area contributed by atoms with Gasteiger partial charge < -0.3 is 5.32 Å². The van der Waals surface area contributed by atoms with E-state index >= 15 is 0 Å². The summed E-state index contributed by atoms with van der Waals surface area (Å²) in [6.07, 6.45) is 3.15. The van der Waals surface area contributed by atoms with Gasteiger partial charge in [-0.05, 0) is 25.0 Å². The first-order valence-electron chi connectivity index (χ1n) is 5.12. The second kappa shape index (κ2) is 5.02. The molecular formula is C11H11Cl2FN2. The maximum atomic E-state index is 13.2. The normalized spacial score (nSPS) is 15.8. The number of hydrogen-bond donors (Lipinski definition) is 1. The minimum Gasteiger partial charge on any atom is -0.344 e. The van der Waals surface area contributed by atoms with Crippen molar-refractivity contribution in [1.82, 2.24) is 0 Å². The van der Waals surface area contributed by atoms with E-state index in [-0.39, 0.29) is 10.0 Å². The van der Waals surface area contributed by atoms with E-state index in [0.717, 1.165) is 31.6 Å². The number of halogens is 3. The van der Waals surface area contributed by atoms with Crippen LogP contribution in [0.5, 0.6) is 0 Å².